The van der Waals surface area contributed by atoms with E-state index in [0.29, 0.717) is 28.1 Å². The van der Waals surface area contributed by atoms with Crippen LogP contribution in [-0.4, -0.2) is 10.4 Å². The van der Waals surface area contributed by atoms with Crippen LogP contribution in [0.25, 0.3) is 11.3 Å². The third kappa shape index (κ3) is 3.33. The van der Waals surface area contributed by atoms with Crippen LogP contribution in [0.4, 0.5) is 8.78 Å². The van der Waals surface area contributed by atoms with Crippen LogP contribution in [0.5, 0.6) is 0 Å². The van der Waals surface area contributed by atoms with Gasteiger partial charge in [0.05, 0.1) is 17.8 Å². The number of rotatable bonds is 4. The number of hydrogen-bond donors (Lipinski definition) is 0. The zero-order chi connectivity index (χ0) is 18.0. The molecule has 1 heterocycles. The fraction of sp³-hybridized carbons (Fsp3) is 0.100. The molecule has 0 amide bonds. The van der Waals surface area contributed by atoms with Crippen LogP contribution >= 0.6 is 0 Å². The van der Waals surface area contributed by atoms with E-state index in [4.69, 9.17) is 0 Å². The fourth-order valence-corrected chi connectivity index (χ4v) is 2.78. The molecule has 0 atom stereocenters. The van der Waals surface area contributed by atoms with Gasteiger partial charge in [-0.05, 0) is 49.4 Å². The van der Waals surface area contributed by atoms with Crippen molar-refractivity contribution >= 4 is 5.78 Å². The summed E-state index contributed by atoms with van der Waals surface area (Å²) in [7, 11) is 0. The second-order valence-electron chi connectivity index (χ2n) is 5.69. The van der Waals surface area contributed by atoms with Crippen molar-refractivity contribution in [2.24, 2.45) is 0 Å². The molecular weight excluding hydrogens is 322 g/mol. The number of nitrogens with zero attached hydrogens (tertiary/aromatic N) is 2. The largest absolute Gasteiger partial charge is 0.336 e. The molecule has 0 N–H and O–H groups in total. The van der Waals surface area contributed by atoms with Gasteiger partial charge in [0.15, 0.2) is 5.78 Å². The summed E-state index contributed by atoms with van der Waals surface area (Å²) in [5, 5.41) is 9.38. The molecule has 0 saturated heterocycles. The van der Waals surface area contributed by atoms with Crippen molar-refractivity contribution in [3.63, 3.8) is 0 Å². The topological polar surface area (TPSA) is 45.8 Å². The molecule has 0 spiro atoms. The van der Waals surface area contributed by atoms with Gasteiger partial charge in [-0.1, -0.05) is 12.1 Å². The lowest BCUT2D eigenvalue weighted by Gasteiger charge is -2.12. The molecule has 0 aliphatic heterocycles. The number of nitriles is 1. The molecule has 0 radical (unpaired) electrons. The molecule has 3 aromatic rings. The van der Waals surface area contributed by atoms with Gasteiger partial charge in [0.1, 0.15) is 17.7 Å². The van der Waals surface area contributed by atoms with Crippen LogP contribution in [0.15, 0.2) is 54.6 Å². The first-order valence-corrected chi connectivity index (χ1v) is 7.64. The third-order valence-corrected chi connectivity index (χ3v) is 3.99. The van der Waals surface area contributed by atoms with Crippen molar-refractivity contribution in [1.82, 2.24) is 4.57 Å². The maximum Gasteiger partial charge on any atom is 0.182 e. The van der Waals surface area contributed by atoms with Crippen LogP contribution in [-0.2, 0) is 6.54 Å². The smallest absolute Gasteiger partial charge is 0.182 e. The van der Waals surface area contributed by atoms with E-state index in [1.165, 1.54) is 36.4 Å². The first-order valence-electron chi connectivity index (χ1n) is 7.64. The van der Waals surface area contributed by atoms with Gasteiger partial charge < -0.3 is 4.57 Å². The molecule has 0 aliphatic rings. The Labute approximate surface area is 143 Å². The Bertz CT molecular complexity index is 982. The van der Waals surface area contributed by atoms with E-state index in [2.05, 4.69) is 6.07 Å². The van der Waals surface area contributed by atoms with Crippen molar-refractivity contribution in [3.8, 4) is 17.3 Å². The number of aromatic nitrogens is 1. The van der Waals surface area contributed by atoms with E-state index in [1.54, 1.807) is 29.7 Å². The first kappa shape index (κ1) is 16.6. The molecule has 5 heteroatoms. The van der Waals surface area contributed by atoms with Gasteiger partial charge in [-0.2, -0.15) is 5.26 Å². The maximum atomic E-state index is 13.6. The van der Waals surface area contributed by atoms with Gasteiger partial charge in [-0.3, -0.25) is 4.79 Å². The number of ketones is 1. The molecule has 2 aromatic carbocycles. The molecular formula is C20H14F2N2O. The minimum atomic E-state index is -0.420. The van der Waals surface area contributed by atoms with Crippen molar-refractivity contribution in [1.29, 1.82) is 5.26 Å². The van der Waals surface area contributed by atoms with Gasteiger partial charge in [0.25, 0.3) is 0 Å². The SMILES string of the molecule is Cc1cc(C#N)c(-c2cccc(F)c2)n1CC(=O)c1ccc(F)cc1. The second kappa shape index (κ2) is 6.70. The van der Waals surface area contributed by atoms with Gasteiger partial charge >= 0.3 is 0 Å². The van der Waals surface area contributed by atoms with Gasteiger partial charge in [0.2, 0.25) is 0 Å². The predicted molar refractivity (Wildman–Crippen MR) is 90.0 cm³/mol. The maximum absolute atomic E-state index is 13.6. The molecule has 0 fully saturated rings. The van der Waals surface area contributed by atoms with Crippen molar-refractivity contribution in [2.75, 3.05) is 0 Å². The number of carbonyl (C=O) groups is 1. The number of Topliss-reactive ketones (excluding diaryl/α,β-unsaturated/α-hetero) is 1. The lowest BCUT2D eigenvalue weighted by molar-refractivity contribution is 0.0972. The zero-order valence-electron chi connectivity index (χ0n) is 13.5. The summed E-state index contributed by atoms with van der Waals surface area (Å²) < 4.78 is 28.3. The van der Waals surface area contributed by atoms with Crippen molar-refractivity contribution < 1.29 is 13.6 Å². The Morgan fingerprint density at radius 1 is 1.08 bits per heavy atom. The average molecular weight is 336 g/mol. The van der Waals surface area contributed by atoms with Crippen LogP contribution in [0.2, 0.25) is 0 Å². The minimum Gasteiger partial charge on any atom is -0.336 e. The van der Waals surface area contributed by atoms with E-state index in [-0.39, 0.29) is 12.3 Å². The van der Waals surface area contributed by atoms with E-state index in [9.17, 15) is 18.8 Å². The first-order chi connectivity index (χ1) is 12.0. The summed E-state index contributed by atoms with van der Waals surface area (Å²) in [5.41, 5.74) is 2.48. The number of benzene rings is 2. The Morgan fingerprint density at radius 3 is 2.44 bits per heavy atom. The Kier molecular flexibility index (Phi) is 4.44. The highest BCUT2D eigenvalue weighted by atomic mass is 19.1. The highest BCUT2D eigenvalue weighted by Gasteiger charge is 2.18. The monoisotopic (exact) mass is 336 g/mol. The molecule has 3 rings (SSSR count). The number of carbonyl (C=O) groups excluding carboxylic acids is 1. The van der Waals surface area contributed by atoms with Crippen LogP contribution in [0, 0.1) is 29.9 Å². The summed E-state index contributed by atoms with van der Waals surface area (Å²) in [6.07, 6.45) is 0. The standard InChI is InChI=1S/C20H14F2N2O/c1-13-9-16(11-23)20(15-3-2-4-18(22)10-15)24(13)12-19(25)14-5-7-17(21)8-6-14/h2-10H,12H2,1H3. The Balaban J connectivity index is 2.04. The molecule has 0 aliphatic carbocycles. The highest BCUT2D eigenvalue weighted by Crippen LogP contribution is 2.28. The summed E-state index contributed by atoms with van der Waals surface area (Å²) in [5.74, 6) is -1.06. The Morgan fingerprint density at radius 2 is 1.80 bits per heavy atom. The van der Waals surface area contributed by atoms with E-state index in [0.717, 1.165) is 0 Å². The number of halogens is 2. The molecule has 3 nitrogen and oxygen atoms in total. The third-order valence-electron chi connectivity index (χ3n) is 3.99. The minimum absolute atomic E-state index is 0.0228. The van der Waals surface area contributed by atoms with Crippen LogP contribution < -0.4 is 0 Å². The number of hydrogen-bond acceptors (Lipinski definition) is 2. The van der Waals surface area contributed by atoms with Crippen molar-refractivity contribution in [3.05, 3.63) is 83.1 Å². The lowest BCUT2D eigenvalue weighted by Crippen LogP contribution is -2.13. The van der Waals surface area contributed by atoms with Crippen molar-refractivity contribution in [2.45, 2.75) is 13.5 Å². The molecule has 1 aromatic heterocycles. The fourth-order valence-electron chi connectivity index (χ4n) is 2.78. The zero-order valence-corrected chi connectivity index (χ0v) is 13.5. The van der Waals surface area contributed by atoms with E-state index < -0.39 is 11.6 Å². The second-order valence-corrected chi connectivity index (χ2v) is 5.69. The summed E-state index contributed by atoms with van der Waals surface area (Å²) in [4.78, 5) is 12.5. The number of aryl methyl sites for hydroxylation is 1. The molecule has 124 valence electrons. The molecule has 0 unspecified atom stereocenters. The predicted octanol–water partition coefficient (Wildman–Crippen LogP) is 4.50. The van der Waals surface area contributed by atoms with Crippen LogP contribution in [0.3, 0.4) is 0 Å². The highest BCUT2D eigenvalue weighted by molar-refractivity contribution is 5.96. The molecule has 25 heavy (non-hydrogen) atoms. The summed E-state index contributed by atoms with van der Waals surface area (Å²) in [6, 6.07) is 14.9. The van der Waals surface area contributed by atoms with Gasteiger partial charge in [-0.25, -0.2) is 8.78 Å². The van der Waals surface area contributed by atoms with Gasteiger partial charge in [-0.15, -0.1) is 0 Å². The summed E-state index contributed by atoms with van der Waals surface area (Å²) in [6.45, 7) is 1.76. The Hall–Kier alpha value is -3.26. The van der Waals surface area contributed by atoms with Gasteiger partial charge in [0, 0.05) is 16.8 Å². The normalized spacial score (nSPS) is 10.5. The van der Waals surface area contributed by atoms with Crippen LogP contribution in [0.1, 0.15) is 21.6 Å². The molecule has 0 saturated carbocycles. The van der Waals surface area contributed by atoms with E-state index >= 15 is 0 Å². The summed E-state index contributed by atoms with van der Waals surface area (Å²) >= 11 is 0. The molecule has 0 bridgehead atoms. The van der Waals surface area contributed by atoms with E-state index in [1.807, 2.05) is 0 Å². The quantitative estimate of drug-likeness (QED) is 0.659. The average Bonchev–Trinajstić information content (AvgIpc) is 2.91. The lowest BCUT2D eigenvalue weighted by atomic mass is 10.1.